The number of hydrogen-bond acceptors (Lipinski definition) is 2. The Hall–Kier alpha value is -0.890. The minimum absolute atomic E-state index is 0.491. The summed E-state index contributed by atoms with van der Waals surface area (Å²) in [5.41, 5.74) is 1.35. The number of hydrogen-bond donors (Lipinski definition) is 1. The molecule has 0 aliphatic heterocycles. The van der Waals surface area contributed by atoms with Crippen molar-refractivity contribution in [3.63, 3.8) is 0 Å². The molecule has 1 N–H and O–H groups in total. The molecule has 0 aliphatic rings. The first-order chi connectivity index (χ1) is 7.38. The standard InChI is InChI=1S/C13H22N2/c1-3-4-5-6-7-13(14-2)12-8-10-15-11-9-12/h8-11,13-14H,3-7H2,1-2H3. The molecule has 0 saturated carbocycles. The third-order valence-corrected chi connectivity index (χ3v) is 2.80. The van der Waals surface area contributed by atoms with Gasteiger partial charge in [-0.2, -0.15) is 0 Å². The summed E-state index contributed by atoms with van der Waals surface area (Å²) in [7, 11) is 2.03. The number of pyridine rings is 1. The average Bonchev–Trinajstić information content (AvgIpc) is 2.30. The van der Waals surface area contributed by atoms with Crippen molar-refractivity contribution in [2.45, 2.75) is 45.1 Å². The van der Waals surface area contributed by atoms with Crippen molar-refractivity contribution in [3.05, 3.63) is 30.1 Å². The van der Waals surface area contributed by atoms with Gasteiger partial charge in [-0.15, -0.1) is 0 Å². The van der Waals surface area contributed by atoms with E-state index in [1.54, 1.807) is 0 Å². The van der Waals surface area contributed by atoms with Gasteiger partial charge in [-0.05, 0) is 31.2 Å². The zero-order chi connectivity index (χ0) is 10.9. The van der Waals surface area contributed by atoms with Crippen LogP contribution >= 0.6 is 0 Å². The van der Waals surface area contributed by atoms with E-state index in [2.05, 4.69) is 29.4 Å². The van der Waals surface area contributed by atoms with E-state index in [9.17, 15) is 0 Å². The molecule has 1 heterocycles. The van der Waals surface area contributed by atoms with Gasteiger partial charge in [-0.25, -0.2) is 0 Å². The highest BCUT2D eigenvalue weighted by atomic mass is 14.9. The molecule has 1 rings (SSSR count). The van der Waals surface area contributed by atoms with Crippen molar-refractivity contribution in [3.8, 4) is 0 Å². The molecule has 1 unspecified atom stereocenters. The summed E-state index contributed by atoms with van der Waals surface area (Å²) in [6.07, 6.45) is 10.3. The third-order valence-electron chi connectivity index (χ3n) is 2.80. The van der Waals surface area contributed by atoms with Crippen LogP contribution in [0.2, 0.25) is 0 Å². The van der Waals surface area contributed by atoms with Gasteiger partial charge in [0, 0.05) is 18.4 Å². The van der Waals surface area contributed by atoms with Crippen molar-refractivity contribution in [2.24, 2.45) is 0 Å². The highest BCUT2D eigenvalue weighted by Crippen LogP contribution is 2.18. The highest BCUT2D eigenvalue weighted by Gasteiger charge is 2.07. The van der Waals surface area contributed by atoms with Gasteiger partial charge >= 0.3 is 0 Å². The predicted octanol–water partition coefficient (Wildman–Crippen LogP) is 3.31. The molecule has 1 atom stereocenters. The molecule has 0 aliphatic carbocycles. The van der Waals surface area contributed by atoms with Crippen molar-refractivity contribution in [2.75, 3.05) is 7.05 Å². The second-order valence-corrected chi connectivity index (χ2v) is 3.97. The summed E-state index contributed by atoms with van der Waals surface area (Å²) in [6.45, 7) is 2.25. The molecular formula is C13H22N2. The number of rotatable bonds is 7. The summed E-state index contributed by atoms with van der Waals surface area (Å²) in [6, 6.07) is 4.69. The molecule has 1 aromatic heterocycles. The van der Waals surface area contributed by atoms with Crippen molar-refractivity contribution in [1.29, 1.82) is 0 Å². The molecule has 2 nitrogen and oxygen atoms in total. The Labute approximate surface area is 93.1 Å². The Morgan fingerprint density at radius 3 is 2.53 bits per heavy atom. The van der Waals surface area contributed by atoms with E-state index in [1.807, 2.05) is 19.4 Å². The molecule has 0 spiro atoms. The second kappa shape index (κ2) is 7.41. The molecule has 0 aromatic carbocycles. The summed E-state index contributed by atoms with van der Waals surface area (Å²) in [4.78, 5) is 4.04. The van der Waals surface area contributed by atoms with E-state index >= 15 is 0 Å². The molecule has 2 heteroatoms. The lowest BCUT2D eigenvalue weighted by molar-refractivity contribution is 0.505. The minimum atomic E-state index is 0.491. The molecule has 1 aromatic rings. The maximum atomic E-state index is 4.04. The first-order valence-corrected chi connectivity index (χ1v) is 5.95. The Balaban J connectivity index is 2.36. The van der Waals surface area contributed by atoms with Crippen LogP contribution in [0.4, 0.5) is 0 Å². The lowest BCUT2D eigenvalue weighted by Crippen LogP contribution is -2.16. The zero-order valence-electron chi connectivity index (χ0n) is 9.87. The fourth-order valence-electron chi connectivity index (χ4n) is 1.85. The normalized spacial score (nSPS) is 12.7. The summed E-state index contributed by atoms with van der Waals surface area (Å²) < 4.78 is 0. The van der Waals surface area contributed by atoms with Crippen LogP contribution in [0.25, 0.3) is 0 Å². The molecule has 84 valence electrons. The summed E-state index contributed by atoms with van der Waals surface area (Å²) in [5.74, 6) is 0. The predicted molar refractivity (Wildman–Crippen MR) is 64.8 cm³/mol. The smallest absolute Gasteiger partial charge is 0.0318 e. The Bertz CT molecular complexity index is 246. The minimum Gasteiger partial charge on any atom is -0.313 e. The van der Waals surface area contributed by atoms with Gasteiger partial charge in [0.15, 0.2) is 0 Å². The maximum absolute atomic E-state index is 4.04. The molecule has 0 fully saturated rings. The fourth-order valence-corrected chi connectivity index (χ4v) is 1.85. The zero-order valence-corrected chi connectivity index (χ0v) is 9.87. The lowest BCUT2D eigenvalue weighted by Gasteiger charge is -2.16. The van der Waals surface area contributed by atoms with Crippen LogP contribution in [0.3, 0.4) is 0 Å². The van der Waals surface area contributed by atoms with Crippen LogP contribution in [0, 0.1) is 0 Å². The monoisotopic (exact) mass is 206 g/mol. The molecule has 0 saturated heterocycles. The molecular weight excluding hydrogens is 184 g/mol. The van der Waals surface area contributed by atoms with Crippen LogP contribution in [-0.4, -0.2) is 12.0 Å². The van der Waals surface area contributed by atoms with Gasteiger partial charge in [0.1, 0.15) is 0 Å². The first-order valence-electron chi connectivity index (χ1n) is 5.95. The molecule has 15 heavy (non-hydrogen) atoms. The van der Waals surface area contributed by atoms with E-state index in [0.29, 0.717) is 6.04 Å². The Morgan fingerprint density at radius 1 is 1.20 bits per heavy atom. The van der Waals surface area contributed by atoms with Crippen molar-refractivity contribution >= 4 is 0 Å². The van der Waals surface area contributed by atoms with Crippen LogP contribution < -0.4 is 5.32 Å². The summed E-state index contributed by atoms with van der Waals surface area (Å²) >= 11 is 0. The van der Waals surface area contributed by atoms with E-state index in [4.69, 9.17) is 0 Å². The second-order valence-electron chi connectivity index (χ2n) is 3.97. The number of nitrogens with one attached hydrogen (secondary N) is 1. The van der Waals surface area contributed by atoms with Gasteiger partial charge < -0.3 is 5.32 Å². The molecule has 0 amide bonds. The van der Waals surface area contributed by atoms with Crippen molar-refractivity contribution in [1.82, 2.24) is 10.3 Å². The number of nitrogens with zero attached hydrogens (tertiary/aromatic N) is 1. The van der Waals surface area contributed by atoms with E-state index in [0.717, 1.165) is 0 Å². The van der Waals surface area contributed by atoms with E-state index in [-0.39, 0.29) is 0 Å². The average molecular weight is 206 g/mol. The fraction of sp³-hybridized carbons (Fsp3) is 0.615. The Kier molecular flexibility index (Phi) is 6.02. The van der Waals surface area contributed by atoms with Crippen LogP contribution in [-0.2, 0) is 0 Å². The number of aromatic nitrogens is 1. The van der Waals surface area contributed by atoms with Gasteiger partial charge in [-0.1, -0.05) is 32.6 Å². The van der Waals surface area contributed by atoms with E-state index < -0.39 is 0 Å². The molecule has 0 radical (unpaired) electrons. The largest absolute Gasteiger partial charge is 0.313 e. The van der Waals surface area contributed by atoms with Gasteiger partial charge in [0.2, 0.25) is 0 Å². The first kappa shape index (κ1) is 12.2. The van der Waals surface area contributed by atoms with Gasteiger partial charge in [0.05, 0.1) is 0 Å². The topological polar surface area (TPSA) is 24.9 Å². The van der Waals surface area contributed by atoms with Gasteiger partial charge in [0.25, 0.3) is 0 Å². The number of unbranched alkanes of at least 4 members (excludes halogenated alkanes) is 3. The molecule has 0 bridgehead atoms. The SMILES string of the molecule is CCCCCCC(NC)c1ccncc1. The van der Waals surface area contributed by atoms with E-state index in [1.165, 1.54) is 37.7 Å². The van der Waals surface area contributed by atoms with Crippen molar-refractivity contribution < 1.29 is 0 Å². The van der Waals surface area contributed by atoms with Crippen LogP contribution in [0.1, 0.15) is 50.6 Å². The Morgan fingerprint density at radius 2 is 1.93 bits per heavy atom. The van der Waals surface area contributed by atoms with Crippen LogP contribution in [0.5, 0.6) is 0 Å². The lowest BCUT2D eigenvalue weighted by atomic mass is 10.0. The third kappa shape index (κ3) is 4.43. The van der Waals surface area contributed by atoms with Gasteiger partial charge in [-0.3, -0.25) is 4.98 Å². The highest BCUT2D eigenvalue weighted by molar-refractivity contribution is 5.14. The van der Waals surface area contributed by atoms with Crippen LogP contribution in [0.15, 0.2) is 24.5 Å². The maximum Gasteiger partial charge on any atom is 0.0318 e. The quantitative estimate of drug-likeness (QED) is 0.692. The summed E-state index contributed by atoms with van der Waals surface area (Å²) in [5, 5.41) is 3.37.